The SMILES string of the molecule is CN(C)C(=O)Oc1ccc2c(c1)[C@@]1(C)CCCCCC(C2)[C@@H]1N. The predicted molar refractivity (Wildman–Crippen MR) is 91.8 cm³/mol. The van der Waals surface area contributed by atoms with Gasteiger partial charge in [-0.1, -0.05) is 32.3 Å². The highest BCUT2D eigenvalue weighted by molar-refractivity contribution is 5.70. The third kappa shape index (κ3) is 2.97. The molecule has 0 saturated heterocycles. The Hall–Kier alpha value is -1.55. The third-order valence-corrected chi connectivity index (χ3v) is 5.76. The van der Waals surface area contributed by atoms with E-state index in [1.807, 2.05) is 6.07 Å². The van der Waals surface area contributed by atoms with Crippen LogP contribution in [0.4, 0.5) is 4.79 Å². The Balaban J connectivity index is 1.97. The maximum atomic E-state index is 11.8. The van der Waals surface area contributed by atoms with Crippen LogP contribution in [0, 0.1) is 5.92 Å². The number of hydrogen-bond donors (Lipinski definition) is 1. The molecular formula is C19H28N2O2. The van der Waals surface area contributed by atoms with E-state index in [2.05, 4.69) is 19.1 Å². The highest BCUT2D eigenvalue weighted by Gasteiger charge is 2.43. The molecular weight excluding hydrogens is 288 g/mol. The van der Waals surface area contributed by atoms with Gasteiger partial charge < -0.3 is 15.4 Å². The number of benzene rings is 1. The van der Waals surface area contributed by atoms with E-state index in [4.69, 9.17) is 10.5 Å². The average Bonchev–Trinajstić information content (AvgIpc) is 2.52. The first-order valence-corrected chi connectivity index (χ1v) is 8.70. The second-order valence-corrected chi connectivity index (χ2v) is 7.59. The van der Waals surface area contributed by atoms with Gasteiger partial charge in [0.1, 0.15) is 5.75 Å². The van der Waals surface area contributed by atoms with Gasteiger partial charge in [0, 0.05) is 25.6 Å². The average molecular weight is 316 g/mol. The van der Waals surface area contributed by atoms with Gasteiger partial charge in [-0.15, -0.1) is 0 Å². The standard InChI is InChI=1S/C19H28N2O2/c1-19-10-6-4-5-7-14(17(19)20)11-13-8-9-15(12-16(13)19)23-18(22)21(2)3/h8-9,12,14,17H,4-7,10-11,20H2,1-3H3/t14?,17-,19+/m0/s1. The van der Waals surface area contributed by atoms with Crippen LogP contribution in [0.25, 0.3) is 0 Å². The summed E-state index contributed by atoms with van der Waals surface area (Å²) in [5.74, 6) is 1.19. The van der Waals surface area contributed by atoms with E-state index in [-0.39, 0.29) is 17.6 Å². The van der Waals surface area contributed by atoms with E-state index in [9.17, 15) is 4.79 Å². The lowest BCUT2D eigenvalue weighted by atomic mass is 9.60. The van der Waals surface area contributed by atoms with Gasteiger partial charge in [0.15, 0.2) is 0 Å². The first kappa shape index (κ1) is 16.3. The molecule has 23 heavy (non-hydrogen) atoms. The molecule has 2 N–H and O–H groups in total. The summed E-state index contributed by atoms with van der Waals surface area (Å²) in [6.07, 6.45) is 6.86. The minimum absolute atomic E-state index is 0.0147. The molecule has 0 aromatic heterocycles. The lowest BCUT2D eigenvalue weighted by Crippen LogP contribution is -2.52. The molecule has 0 heterocycles. The molecule has 1 amide bonds. The van der Waals surface area contributed by atoms with Crippen LogP contribution in [0.15, 0.2) is 18.2 Å². The normalized spacial score (nSPS) is 29.9. The second kappa shape index (κ2) is 6.16. The molecule has 1 aromatic rings. The van der Waals surface area contributed by atoms with Gasteiger partial charge in [-0.3, -0.25) is 0 Å². The molecule has 0 spiro atoms. The van der Waals surface area contributed by atoms with Crippen molar-refractivity contribution in [3.05, 3.63) is 29.3 Å². The van der Waals surface area contributed by atoms with Gasteiger partial charge in [-0.2, -0.15) is 0 Å². The number of rotatable bonds is 1. The van der Waals surface area contributed by atoms with E-state index in [0.29, 0.717) is 11.7 Å². The molecule has 3 atom stereocenters. The van der Waals surface area contributed by atoms with Crippen molar-refractivity contribution in [3.63, 3.8) is 0 Å². The first-order valence-electron chi connectivity index (χ1n) is 8.70. The summed E-state index contributed by atoms with van der Waals surface area (Å²) in [6, 6.07) is 6.29. The smallest absolute Gasteiger partial charge is 0.410 e. The number of carbonyl (C=O) groups excluding carboxylic acids is 1. The van der Waals surface area contributed by atoms with Crippen LogP contribution in [-0.4, -0.2) is 31.1 Å². The zero-order valence-electron chi connectivity index (χ0n) is 14.5. The summed E-state index contributed by atoms with van der Waals surface area (Å²) in [6.45, 7) is 2.30. The molecule has 4 heteroatoms. The van der Waals surface area contributed by atoms with Crippen molar-refractivity contribution in [3.8, 4) is 5.75 Å². The van der Waals surface area contributed by atoms with Gasteiger partial charge in [0.2, 0.25) is 0 Å². The summed E-state index contributed by atoms with van der Waals surface area (Å²) in [4.78, 5) is 13.3. The number of nitrogens with two attached hydrogens (primary N) is 1. The van der Waals surface area contributed by atoms with Crippen LogP contribution >= 0.6 is 0 Å². The van der Waals surface area contributed by atoms with Gasteiger partial charge in [-0.25, -0.2) is 4.79 Å². The summed E-state index contributed by atoms with van der Waals surface area (Å²) in [5, 5.41) is 0. The van der Waals surface area contributed by atoms with Crippen LogP contribution < -0.4 is 10.5 Å². The van der Waals surface area contributed by atoms with Crippen molar-refractivity contribution in [2.24, 2.45) is 11.7 Å². The van der Waals surface area contributed by atoms with E-state index in [1.165, 1.54) is 41.7 Å². The topological polar surface area (TPSA) is 55.6 Å². The molecule has 1 unspecified atom stereocenters. The number of carbonyl (C=O) groups is 1. The molecule has 2 aliphatic carbocycles. The number of amides is 1. The third-order valence-electron chi connectivity index (χ3n) is 5.76. The predicted octanol–water partition coefficient (Wildman–Crippen LogP) is 3.47. The van der Waals surface area contributed by atoms with Crippen molar-refractivity contribution in [2.75, 3.05) is 14.1 Å². The summed E-state index contributed by atoms with van der Waals surface area (Å²) in [7, 11) is 3.38. The van der Waals surface area contributed by atoms with E-state index in [1.54, 1.807) is 14.1 Å². The van der Waals surface area contributed by atoms with Crippen LogP contribution in [0.1, 0.15) is 50.2 Å². The Bertz CT molecular complexity index is 599. The zero-order valence-corrected chi connectivity index (χ0v) is 14.5. The Labute approximate surface area is 139 Å². The number of hydrogen-bond acceptors (Lipinski definition) is 3. The van der Waals surface area contributed by atoms with Gasteiger partial charge >= 0.3 is 6.09 Å². The van der Waals surface area contributed by atoms with Crippen molar-refractivity contribution < 1.29 is 9.53 Å². The molecule has 126 valence electrons. The first-order chi connectivity index (χ1) is 10.9. The highest BCUT2D eigenvalue weighted by atomic mass is 16.6. The molecule has 1 aromatic carbocycles. The Kier molecular flexibility index (Phi) is 4.37. The van der Waals surface area contributed by atoms with Gasteiger partial charge in [0.05, 0.1) is 0 Å². The van der Waals surface area contributed by atoms with Gasteiger partial charge in [-0.05, 0) is 48.4 Å². The largest absolute Gasteiger partial charge is 0.414 e. The number of fused-ring (bicyclic) bond motifs is 4. The minimum Gasteiger partial charge on any atom is -0.410 e. The van der Waals surface area contributed by atoms with Crippen LogP contribution in [0.2, 0.25) is 0 Å². The molecule has 1 fully saturated rings. The Morgan fingerprint density at radius 2 is 2.09 bits per heavy atom. The fourth-order valence-electron chi connectivity index (χ4n) is 4.29. The monoisotopic (exact) mass is 316 g/mol. The fraction of sp³-hybridized carbons (Fsp3) is 0.632. The fourth-order valence-corrected chi connectivity index (χ4v) is 4.29. The molecule has 1 saturated carbocycles. The van der Waals surface area contributed by atoms with Crippen molar-refractivity contribution >= 4 is 6.09 Å². The van der Waals surface area contributed by atoms with E-state index >= 15 is 0 Å². The summed E-state index contributed by atoms with van der Waals surface area (Å²) >= 11 is 0. The van der Waals surface area contributed by atoms with E-state index < -0.39 is 0 Å². The summed E-state index contributed by atoms with van der Waals surface area (Å²) in [5.41, 5.74) is 9.34. The number of ether oxygens (including phenoxy) is 1. The van der Waals surface area contributed by atoms with Crippen LogP contribution in [0.3, 0.4) is 0 Å². The van der Waals surface area contributed by atoms with Crippen LogP contribution in [0.5, 0.6) is 5.75 Å². The van der Waals surface area contributed by atoms with Crippen molar-refractivity contribution in [1.82, 2.24) is 4.90 Å². The minimum atomic E-state index is -0.342. The lowest BCUT2D eigenvalue weighted by molar-refractivity contribution is 0.171. The Morgan fingerprint density at radius 1 is 1.30 bits per heavy atom. The van der Waals surface area contributed by atoms with Crippen molar-refractivity contribution in [2.45, 2.75) is 56.9 Å². The Morgan fingerprint density at radius 3 is 2.83 bits per heavy atom. The maximum absolute atomic E-state index is 11.8. The lowest BCUT2D eigenvalue weighted by Gasteiger charge is -2.47. The molecule has 4 nitrogen and oxygen atoms in total. The zero-order chi connectivity index (χ0) is 16.6. The van der Waals surface area contributed by atoms with Crippen LogP contribution in [-0.2, 0) is 11.8 Å². The molecule has 2 bridgehead atoms. The molecule has 2 aliphatic rings. The maximum Gasteiger partial charge on any atom is 0.414 e. The van der Waals surface area contributed by atoms with E-state index in [0.717, 1.165) is 12.8 Å². The quantitative estimate of drug-likeness (QED) is 0.863. The van der Waals surface area contributed by atoms with Crippen molar-refractivity contribution in [1.29, 1.82) is 0 Å². The van der Waals surface area contributed by atoms with Gasteiger partial charge in [0.25, 0.3) is 0 Å². The highest BCUT2D eigenvalue weighted by Crippen LogP contribution is 2.46. The number of nitrogens with zero attached hydrogens (tertiary/aromatic N) is 1. The molecule has 0 radical (unpaired) electrons. The molecule has 3 rings (SSSR count). The molecule has 0 aliphatic heterocycles. The second-order valence-electron chi connectivity index (χ2n) is 7.59. The summed E-state index contributed by atoms with van der Waals surface area (Å²) < 4.78 is 5.46.